The minimum atomic E-state index is -0.614. The van der Waals surface area contributed by atoms with E-state index in [0.29, 0.717) is 35.0 Å². The number of nitrogens with one attached hydrogen (secondary N) is 1. The quantitative estimate of drug-likeness (QED) is 0.666. The predicted molar refractivity (Wildman–Crippen MR) is 108 cm³/mol. The van der Waals surface area contributed by atoms with Gasteiger partial charge in [0.25, 0.3) is 5.56 Å². The van der Waals surface area contributed by atoms with E-state index in [0.717, 1.165) is 19.3 Å². The Bertz CT molecular complexity index is 1060. The van der Waals surface area contributed by atoms with Crippen LogP contribution in [-0.4, -0.2) is 20.4 Å². The molecule has 2 heterocycles. The number of pyridine rings is 1. The molecule has 1 aromatic carbocycles. The fourth-order valence-electron chi connectivity index (χ4n) is 2.96. The Kier molecular flexibility index (Phi) is 6.13. The van der Waals surface area contributed by atoms with Crippen LogP contribution in [0.2, 0.25) is 0 Å². The molecule has 0 aliphatic rings. The Morgan fingerprint density at radius 2 is 1.96 bits per heavy atom. The van der Waals surface area contributed by atoms with Gasteiger partial charge in [-0.25, -0.2) is 14.4 Å². The van der Waals surface area contributed by atoms with Gasteiger partial charge in [-0.15, -0.1) is 0 Å². The molecule has 0 aliphatic heterocycles. The molecule has 0 atom stereocenters. The number of hydrogen-bond donors (Lipinski definition) is 1. The summed E-state index contributed by atoms with van der Waals surface area (Å²) in [5.41, 5.74) is 1.66. The number of halogens is 1. The van der Waals surface area contributed by atoms with Crippen LogP contribution in [0.15, 0.2) is 41.6 Å². The highest BCUT2D eigenvalue weighted by molar-refractivity contribution is 5.90. The molecule has 7 heteroatoms. The van der Waals surface area contributed by atoms with Gasteiger partial charge in [0.15, 0.2) is 11.6 Å². The Labute approximate surface area is 162 Å². The van der Waals surface area contributed by atoms with Crippen LogP contribution >= 0.6 is 0 Å². The fraction of sp³-hybridized carbons (Fsp3) is 0.333. The van der Waals surface area contributed by atoms with E-state index in [2.05, 4.69) is 15.3 Å². The summed E-state index contributed by atoms with van der Waals surface area (Å²) in [6.45, 7) is 4.57. The number of aromatic nitrogens is 3. The van der Waals surface area contributed by atoms with Crippen LogP contribution in [0.5, 0.6) is 0 Å². The summed E-state index contributed by atoms with van der Waals surface area (Å²) < 4.78 is 16.0. The average Bonchev–Trinajstić information content (AvgIpc) is 2.70. The molecule has 3 rings (SSSR count). The second-order valence-corrected chi connectivity index (χ2v) is 6.68. The first-order valence-electron chi connectivity index (χ1n) is 9.48. The van der Waals surface area contributed by atoms with Gasteiger partial charge in [0.1, 0.15) is 0 Å². The highest BCUT2D eigenvalue weighted by Crippen LogP contribution is 2.24. The van der Waals surface area contributed by atoms with Gasteiger partial charge in [-0.1, -0.05) is 26.3 Å². The van der Waals surface area contributed by atoms with E-state index in [1.54, 1.807) is 29.1 Å². The normalized spacial score (nSPS) is 11.0. The molecule has 0 fully saturated rings. The van der Waals surface area contributed by atoms with E-state index in [-0.39, 0.29) is 17.3 Å². The van der Waals surface area contributed by atoms with Crippen molar-refractivity contribution in [1.29, 1.82) is 0 Å². The van der Waals surface area contributed by atoms with E-state index >= 15 is 0 Å². The summed E-state index contributed by atoms with van der Waals surface area (Å²) in [5.74, 6) is -0.955. The van der Waals surface area contributed by atoms with Gasteiger partial charge < -0.3 is 5.32 Å². The number of benzene rings is 1. The van der Waals surface area contributed by atoms with Gasteiger partial charge in [0.05, 0.1) is 17.2 Å². The number of fused-ring (bicyclic) bond motifs is 1. The number of nitrogens with zero attached hydrogens (tertiary/aromatic N) is 3. The van der Waals surface area contributed by atoms with Gasteiger partial charge in [-0.3, -0.25) is 14.2 Å². The number of rotatable bonds is 7. The molecule has 0 saturated carbocycles. The van der Waals surface area contributed by atoms with Crippen LogP contribution in [0, 0.1) is 5.82 Å². The van der Waals surface area contributed by atoms with Crippen LogP contribution in [0.1, 0.15) is 39.5 Å². The highest BCUT2D eigenvalue weighted by atomic mass is 19.1. The molecular weight excluding hydrogens is 359 g/mol. The number of amides is 1. The van der Waals surface area contributed by atoms with E-state index in [1.165, 1.54) is 12.3 Å². The van der Waals surface area contributed by atoms with Crippen LogP contribution < -0.4 is 10.9 Å². The number of aryl methyl sites for hydroxylation is 1. The summed E-state index contributed by atoms with van der Waals surface area (Å²) >= 11 is 0. The SMILES string of the molecule is CCCCC(=O)Nc1ncc(-c2ccc3ncn(CCC)c(=O)c3c2)cc1F. The molecule has 2 aromatic heterocycles. The summed E-state index contributed by atoms with van der Waals surface area (Å²) in [6.07, 6.45) is 5.82. The van der Waals surface area contributed by atoms with E-state index in [1.807, 2.05) is 13.8 Å². The van der Waals surface area contributed by atoms with Crippen molar-refractivity contribution < 1.29 is 9.18 Å². The van der Waals surface area contributed by atoms with Crippen molar-refractivity contribution in [2.45, 2.75) is 46.1 Å². The Morgan fingerprint density at radius 1 is 1.14 bits per heavy atom. The monoisotopic (exact) mass is 382 g/mol. The Hall–Kier alpha value is -3.09. The van der Waals surface area contributed by atoms with Crippen molar-refractivity contribution in [2.24, 2.45) is 0 Å². The van der Waals surface area contributed by atoms with Gasteiger partial charge in [0, 0.05) is 24.7 Å². The number of hydrogen-bond acceptors (Lipinski definition) is 4. The second kappa shape index (κ2) is 8.73. The van der Waals surface area contributed by atoms with Gasteiger partial charge in [0.2, 0.25) is 5.91 Å². The smallest absolute Gasteiger partial charge is 0.261 e. The molecule has 0 saturated heterocycles. The van der Waals surface area contributed by atoms with Crippen LogP contribution in [0.3, 0.4) is 0 Å². The van der Waals surface area contributed by atoms with Crippen molar-refractivity contribution in [3.05, 3.63) is 53.0 Å². The maximum absolute atomic E-state index is 14.4. The second-order valence-electron chi connectivity index (χ2n) is 6.68. The number of unbranched alkanes of at least 4 members (excludes halogenated alkanes) is 1. The minimum Gasteiger partial charge on any atom is -0.308 e. The third kappa shape index (κ3) is 4.24. The first-order valence-corrected chi connectivity index (χ1v) is 9.48. The summed E-state index contributed by atoms with van der Waals surface area (Å²) in [4.78, 5) is 32.8. The molecular formula is C21H23FN4O2. The van der Waals surface area contributed by atoms with Crippen LogP contribution in [0.25, 0.3) is 22.0 Å². The molecule has 28 heavy (non-hydrogen) atoms. The van der Waals surface area contributed by atoms with Gasteiger partial charge >= 0.3 is 0 Å². The molecule has 0 unspecified atom stereocenters. The Balaban J connectivity index is 1.91. The third-order valence-electron chi connectivity index (χ3n) is 4.48. The van der Waals surface area contributed by atoms with Crippen molar-refractivity contribution in [2.75, 3.05) is 5.32 Å². The van der Waals surface area contributed by atoms with Gasteiger partial charge in [-0.2, -0.15) is 0 Å². The summed E-state index contributed by atoms with van der Waals surface area (Å²) in [7, 11) is 0. The van der Waals surface area contributed by atoms with Crippen molar-refractivity contribution in [1.82, 2.24) is 14.5 Å². The molecule has 3 aromatic rings. The van der Waals surface area contributed by atoms with E-state index < -0.39 is 5.82 Å². The van der Waals surface area contributed by atoms with Crippen molar-refractivity contribution in [3.63, 3.8) is 0 Å². The maximum atomic E-state index is 14.4. The summed E-state index contributed by atoms with van der Waals surface area (Å²) in [5, 5.41) is 2.97. The van der Waals surface area contributed by atoms with Crippen LogP contribution in [0.4, 0.5) is 10.2 Å². The number of carbonyl (C=O) groups excluding carboxylic acids is 1. The molecule has 1 amide bonds. The molecule has 0 spiro atoms. The lowest BCUT2D eigenvalue weighted by Crippen LogP contribution is -2.20. The molecule has 1 N–H and O–H groups in total. The van der Waals surface area contributed by atoms with Crippen molar-refractivity contribution >= 4 is 22.6 Å². The molecule has 146 valence electrons. The standard InChI is InChI=1S/C21H23FN4O2/c1-3-5-6-19(27)25-20-17(22)11-15(12-23-20)14-7-8-18-16(10-14)21(28)26(9-4-2)13-24-18/h7-8,10-13H,3-6,9H2,1-2H3,(H,23,25,27). The maximum Gasteiger partial charge on any atom is 0.261 e. The zero-order valence-corrected chi connectivity index (χ0v) is 16.0. The highest BCUT2D eigenvalue weighted by Gasteiger charge is 2.11. The average molecular weight is 382 g/mol. The lowest BCUT2D eigenvalue weighted by atomic mass is 10.1. The zero-order chi connectivity index (χ0) is 20.1. The predicted octanol–water partition coefficient (Wildman–Crippen LogP) is 4.14. The first-order chi connectivity index (χ1) is 13.5. The number of carbonyl (C=O) groups is 1. The topological polar surface area (TPSA) is 76.9 Å². The van der Waals surface area contributed by atoms with E-state index in [4.69, 9.17) is 0 Å². The minimum absolute atomic E-state index is 0.0855. The largest absolute Gasteiger partial charge is 0.308 e. The lowest BCUT2D eigenvalue weighted by Gasteiger charge is -2.09. The molecule has 6 nitrogen and oxygen atoms in total. The lowest BCUT2D eigenvalue weighted by molar-refractivity contribution is -0.116. The van der Waals surface area contributed by atoms with Gasteiger partial charge in [-0.05, 0) is 36.6 Å². The zero-order valence-electron chi connectivity index (χ0n) is 16.0. The molecule has 0 bridgehead atoms. The fourth-order valence-corrected chi connectivity index (χ4v) is 2.96. The first kappa shape index (κ1) is 19.7. The molecule has 0 radical (unpaired) electrons. The van der Waals surface area contributed by atoms with Crippen LogP contribution in [-0.2, 0) is 11.3 Å². The summed E-state index contributed by atoms with van der Waals surface area (Å²) in [6, 6.07) is 6.52. The van der Waals surface area contributed by atoms with E-state index in [9.17, 15) is 14.0 Å². The number of anilines is 1. The Morgan fingerprint density at radius 3 is 2.68 bits per heavy atom. The molecule has 0 aliphatic carbocycles. The van der Waals surface area contributed by atoms with Crippen molar-refractivity contribution in [3.8, 4) is 11.1 Å². The third-order valence-corrected chi connectivity index (χ3v) is 4.48.